The largest absolute Gasteiger partial charge is 0.461 e. The summed E-state index contributed by atoms with van der Waals surface area (Å²) in [5.74, 6) is -4.45. The van der Waals surface area contributed by atoms with Crippen molar-refractivity contribution in [2.45, 2.75) is 13.1 Å². The highest BCUT2D eigenvalue weighted by atomic mass is 19.4. The fourth-order valence-electron chi connectivity index (χ4n) is 2.55. The number of nitrogens with zero attached hydrogens (tertiary/aromatic N) is 3. The van der Waals surface area contributed by atoms with Crippen molar-refractivity contribution in [1.82, 2.24) is 14.8 Å². The third kappa shape index (κ3) is 3.57. The van der Waals surface area contributed by atoms with Crippen LogP contribution in [0, 0.1) is 11.6 Å². The molecule has 28 heavy (non-hydrogen) atoms. The van der Waals surface area contributed by atoms with Gasteiger partial charge in [0.15, 0.2) is 11.5 Å². The van der Waals surface area contributed by atoms with Gasteiger partial charge in [-0.25, -0.2) is 18.3 Å². The lowest BCUT2D eigenvalue weighted by Crippen LogP contribution is -2.15. The maximum Gasteiger partial charge on any atom is 0.422 e. The Labute approximate surface area is 155 Å². The minimum Gasteiger partial charge on any atom is -0.461 e. The summed E-state index contributed by atoms with van der Waals surface area (Å²) < 4.78 is 73.1. The fourth-order valence-corrected chi connectivity index (χ4v) is 2.55. The van der Waals surface area contributed by atoms with E-state index in [1.807, 2.05) is 0 Å². The zero-order valence-electron chi connectivity index (χ0n) is 14.3. The first-order valence-corrected chi connectivity index (χ1v) is 7.97. The SMILES string of the molecule is CCOC(=O)c1cc(-c2cccnc2)n(-c2ccc(F)c(C(F)(F)F)c2F)n1. The Kier molecular flexibility index (Phi) is 5.12. The molecule has 0 saturated carbocycles. The van der Waals surface area contributed by atoms with Gasteiger partial charge in [0.05, 0.1) is 12.3 Å². The maximum atomic E-state index is 14.6. The molecule has 0 N–H and O–H groups in total. The second kappa shape index (κ2) is 7.37. The van der Waals surface area contributed by atoms with Gasteiger partial charge in [0.2, 0.25) is 0 Å². The fraction of sp³-hybridized carbons (Fsp3) is 0.167. The lowest BCUT2D eigenvalue weighted by Gasteiger charge is -2.14. The van der Waals surface area contributed by atoms with Crippen molar-refractivity contribution in [2.24, 2.45) is 0 Å². The Hall–Kier alpha value is -3.30. The van der Waals surface area contributed by atoms with Crippen molar-refractivity contribution >= 4 is 5.97 Å². The second-order valence-electron chi connectivity index (χ2n) is 5.54. The lowest BCUT2D eigenvalue weighted by molar-refractivity contribution is -0.142. The third-order valence-electron chi connectivity index (χ3n) is 3.73. The zero-order chi connectivity index (χ0) is 20.5. The normalized spacial score (nSPS) is 11.5. The monoisotopic (exact) mass is 397 g/mol. The molecular formula is C18H12F5N3O2. The van der Waals surface area contributed by atoms with Gasteiger partial charge in [-0.3, -0.25) is 4.98 Å². The van der Waals surface area contributed by atoms with Crippen LogP contribution in [0.3, 0.4) is 0 Å². The van der Waals surface area contributed by atoms with E-state index in [-0.39, 0.29) is 18.0 Å². The third-order valence-corrected chi connectivity index (χ3v) is 3.73. The first-order chi connectivity index (χ1) is 13.2. The second-order valence-corrected chi connectivity index (χ2v) is 5.54. The van der Waals surface area contributed by atoms with Gasteiger partial charge in [-0.15, -0.1) is 0 Å². The molecule has 0 spiro atoms. The quantitative estimate of drug-likeness (QED) is 0.484. The van der Waals surface area contributed by atoms with E-state index in [0.29, 0.717) is 11.6 Å². The van der Waals surface area contributed by atoms with Gasteiger partial charge in [0, 0.05) is 18.0 Å². The summed E-state index contributed by atoms with van der Waals surface area (Å²) in [7, 11) is 0. The minimum absolute atomic E-state index is 0.0387. The molecule has 0 aliphatic carbocycles. The van der Waals surface area contributed by atoms with E-state index in [1.165, 1.54) is 18.5 Å². The van der Waals surface area contributed by atoms with E-state index in [0.717, 1.165) is 10.7 Å². The van der Waals surface area contributed by atoms with Gasteiger partial charge in [-0.1, -0.05) is 0 Å². The zero-order valence-corrected chi connectivity index (χ0v) is 14.3. The number of carbonyl (C=O) groups excluding carboxylic acids is 1. The van der Waals surface area contributed by atoms with Crippen LogP contribution in [0.1, 0.15) is 23.0 Å². The number of hydrogen-bond acceptors (Lipinski definition) is 4. The Morgan fingerprint density at radius 1 is 1.21 bits per heavy atom. The van der Waals surface area contributed by atoms with Crippen molar-refractivity contribution in [3.05, 3.63) is 65.6 Å². The molecule has 2 aromatic heterocycles. The van der Waals surface area contributed by atoms with Crippen molar-refractivity contribution < 1.29 is 31.5 Å². The molecule has 5 nitrogen and oxygen atoms in total. The van der Waals surface area contributed by atoms with Crippen LogP contribution < -0.4 is 0 Å². The van der Waals surface area contributed by atoms with Crippen LogP contribution in [0.4, 0.5) is 22.0 Å². The van der Waals surface area contributed by atoms with Crippen molar-refractivity contribution in [3.8, 4) is 16.9 Å². The molecule has 0 bridgehead atoms. The van der Waals surface area contributed by atoms with Crippen LogP contribution in [0.15, 0.2) is 42.7 Å². The van der Waals surface area contributed by atoms with Crippen LogP contribution in [0.25, 0.3) is 16.9 Å². The predicted molar refractivity (Wildman–Crippen MR) is 87.7 cm³/mol. The van der Waals surface area contributed by atoms with Gasteiger partial charge >= 0.3 is 12.1 Å². The summed E-state index contributed by atoms with van der Waals surface area (Å²) in [4.78, 5) is 15.9. The summed E-state index contributed by atoms with van der Waals surface area (Å²) in [5, 5.41) is 3.87. The molecule has 0 saturated heterocycles. The van der Waals surface area contributed by atoms with Gasteiger partial charge in [-0.2, -0.15) is 18.3 Å². The smallest absolute Gasteiger partial charge is 0.422 e. The number of benzene rings is 1. The standard InChI is InChI=1S/C18H12F5N3O2/c1-2-28-17(27)12-8-14(10-4-3-7-24-9-10)26(25-12)13-6-5-11(19)15(16(13)20)18(21,22)23/h3-9H,2H2,1H3. The molecule has 0 radical (unpaired) electrons. The summed E-state index contributed by atoms with van der Waals surface area (Å²) in [6.45, 7) is 1.60. The Balaban J connectivity index is 2.26. The molecule has 10 heteroatoms. The first-order valence-electron chi connectivity index (χ1n) is 7.97. The van der Waals surface area contributed by atoms with E-state index >= 15 is 0 Å². The molecule has 2 heterocycles. The van der Waals surface area contributed by atoms with Gasteiger partial charge in [-0.05, 0) is 37.3 Å². The molecule has 3 rings (SSSR count). The summed E-state index contributed by atoms with van der Waals surface area (Å²) in [6.07, 6.45) is -2.44. The van der Waals surface area contributed by atoms with Crippen molar-refractivity contribution in [2.75, 3.05) is 6.61 Å². The van der Waals surface area contributed by atoms with E-state index in [2.05, 4.69) is 10.1 Å². The number of aromatic nitrogens is 3. The number of alkyl halides is 3. The number of rotatable bonds is 4. The van der Waals surface area contributed by atoms with E-state index < -0.39 is 35.0 Å². The molecule has 146 valence electrons. The number of esters is 1. The molecule has 0 unspecified atom stereocenters. The summed E-state index contributed by atoms with van der Waals surface area (Å²) in [5.41, 5.74) is -2.55. The minimum atomic E-state index is -5.25. The van der Waals surface area contributed by atoms with Gasteiger partial charge < -0.3 is 4.74 Å². The molecule has 3 aromatic rings. The average molecular weight is 397 g/mol. The Morgan fingerprint density at radius 2 is 1.96 bits per heavy atom. The van der Waals surface area contributed by atoms with E-state index in [4.69, 9.17) is 4.74 Å². The first kappa shape index (κ1) is 19.5. The Bertz CT molecular complexity index is 1020. The molecular weight excluding hydrogens is 385 g/mol. The average Bonchev–Trinajstić information content (AvgIpc) is 3.07. The Morgan fingerprint density at radius 3 is 2.57 bits per heavy atom. The highest BCUT2D eigenvalue weighted by molar-refractivity contribution is 5.89. The molecule has 0 aliphatic rings. The molecule has 1 aromatic carbocycles. The van der Waals surface area contributed by atoms with Gasteiger partial charge in [0.1, 0.15) is 17.1 Å². The highest BCUT2D eigenvalue weighted by Crippen LogP contribution is 2.36. The number of halogens is 5. The maximum absolute atomic E-state index is 14.6. The lowest BCUT2D eigenvalue weighted by atomic mass is 10.1. The highest BCUT2D eigenvalue weighted by Gasteiger charge is 2.39. The van der Waals surface area contributed by atoms with Crippen LogP contribution in [-0.4, -0.2) is 27.3 Å². The predicted octanol–water partition coefficient (Wildman–Crippen LogP) is 4.41. The topological polar surface area (TPSA) is 57.0 Å². The number of carbonyl (C=O) groups is 1. The molecule has 0 aliphatic heterocycles. The molecule has 0 atom stereocenters. The summed E-state index contributed by atoms with van der Waals surface area (Å²) >= 11 is 0. The van der Waals surface area contributed by atoms with Gasteiger partial charge in [0.25, 0.3) is 0 Å². The van der Waals surface area contributed by atoms with Crippen molar-refractivity contribution in [3.63, 3.8) is 0 Å². The van der Waals surface area contributed by atoms with Crippen LogP contribution in [0.5, 0.6) is 0 Å². The van der Waals surface area contributed by atoms with Crippen LogP contribution >= 0.6 is 0 Å². The molecule has 0 amide bonds. The van der Waals surface area contributed by atoms with Crippen LogP contribution in [0.2, 0.25) is 0 Å². The van der Waals surface area contributed by atoms with Crippen LogP contribution in [-0.2, 0) is 10.9 Å². The number of ether oxygens (including phenoxy) is 1. The van der Waals surface area contributed by atoms with E-state index in [9.17, 15) is 26.7 Å². The number of pyridine rings is 1. The molecule has 0 fully saturated rings. The van der Waals surface area contributed by atoms with Crippen molar-refractivity contribution in [1.29, 1.82) is 0 Å². The summed E-state index contributed by atoms with van der Waals surface area (Å²) in [6, 6.07) is 5.60. The number of hydrogen-bond donors (Lipinski definition) is 0. The van der Waals surface area contributed by atoms with E-state index in [1.54, 1.807) is 19.1 Å².